The topological polar surface area (TPSA) is 77.0 Å². The van der Waals surface area contributed by atoms with Crippen molar-refractivity contribution >= 4 is 28.0 Å². The fourth-order valence-electron chi connectivity index (χ4n) is 1.51. The van der Waals surface area contributed by atoms with Crippen molar-refractivity contribution in [2.75, 3.05) is 5.32 Å². The van der Waals surface area contributed by atoms with E-state index in [1.165, 1.54) is 6.20 Å². The first-order chi connectivity index (χ1) is 9.83. The van der Waals surface area contributed by atoms with Gasteiger partial charge in [0.25, 0.3) is 5.95 Å². The fraction of sp³-hybridized carbons (Fsp3) is 0.286. The lowest BCUT2D eigenvalue weighted by Crippen LogP contribution is -2.27. The number of rotatable bonds is 2. The van der Waals surface area contributed by atoms with E-state index in [9.17, 15) is 4.79 Å². The summed E-state index contributed by atoms with van der Waals surface area (Å²) in [5.74, 6) is 0.102. The zero-order valence-corrected chi connectivity index (χ0v) is 13.5. The van der Waals surface area contributed by atoms with Crippen LogP contribution in [0.4, 0.5) is 10.7 Å². The minimum Gasteiger partial charge on any atom is -0.444 e. The summed E-state index contributed by atoms with van der Waals surface area (Å²) in [4.78, 5) is 15.9. The molecule has 0 saturated carbocycles. The third-order valence-corrected chi connectivity index (χ3v) is 2.84. The molecule has 1 aromatic carbocycles. The molecule has 0 spiro atoms. The van der Waals surface area contributed by atoms with Gasteiger partial charge >= 0.3 is 6.09 Å². The number of nitrogens with one attached hydrogen (secondary N) is 1. The van der Waals surface area contributed by atoms with Crippen LogP contribution in [0.1, 0.15) is 20.8 Å². The molecule has 0 aliphatic rings. The first-order valence-electron chi connectivity index (χ1n) is 6.29. The van der Waals surface area contributed by atoms with Gasteiger partial charge < -0.3 is 4.74 Å². The lowest BCUT2D eigenvalue weighted by Gasteiger charge is -2.19. The number of ether oxygens (including phenoxy) is 1. The average Bonchev–Trinajstić information content (AvgIpc) is 2.37. The molecule has 0 bridgehead atoms. The van der Waals surface area contributed by atoms with Gasteiger partial charge in [-0.3, -0.25) is 5.32 Å². The molecule has 110 valence electrons. The van der Waals surface area contributed by atoms with Crippen LogP contribution in [-0.4, -0.2) is 26.9 Å². The lowest BCUT2D eigenvalue weighted by atomic mass is 10.2. The van der Waals surface area contributed by atoms with E-state index >= 15 is 0 Å². The molecule has 0 aliphatic carbocycles. The van der Waals surface area contributed by atoms with Crippen molar-refractivity contribution in [1.29, 1.82) is 0 Å². The van der Waals surface area contributed by atoms with Gasteiger partial charge in [0.1, 0.15) is 5.60 Å². The van der Waals surface area contributed by atoms with E-state index in [2.05, 4.69) is 36.4 Å². The van der Waals surface area contributed by atoms with Crippen molar-refractivity contribution in [2.45, 2.75) is 26.4 Å². The number of halogens is 1. The van der Waals surface area contributed by atoms with Crippen LogP contribution in [0.3, 0.4) is 0 Å². The highest BCUT2D eigenvalue weighted by molar-refractivity contribution is 9.10. The maximum atomic E-state index is 11.7. The molecule has 0 unspecified atom stereocenters. The third kappa shape index (κ3) is 4.78. The summed E-state index contributed by atoms with van der Waals surface area (Å²) in [5.41, 5.74) is 0.907. The highest BCUT2D eigenvalue weighted by Crippen LogP contribution is 2.19. The van der Waals surface area contributed by atoms with Crippen LogP contribution in [-0.2, 0) is 4.74 Å². The predicted octanol–water partition coefficient (Wildman–Crippen LogP) is 3.65. The van der Waals surface area contributed by atoms with Crippen molar-refractivity contribution in [3.63, 3.8) is 0 Å². The van der Waals surface area contributed by atoms with Gasteiger partial charge in [0.2, 0.25) is 0 Å². The monoisotopic (exact) mass is 350 g/mol. The van der Waals surface area contributed by atoms with Crippen LogP contribution in [0.5, 0.6) is 0 Å². The molecule has 7 heteroatoms. The third-order valence-electron chi connectivity index (χ3n) is 2.31. The summed E-state index contributed by atoms with van der Waals surface area (Å²) in [6.45, 7) is 5.35. The highest BCUT2D eigenvalue weighted by atomic mass is 79.9. The Morgan fingerprint density at radius 2 is 1.90 bits per heavy atom. The second-order valence-electron chi connectivity index (χ2n) is 5.30. The van der Waals surface area contributed by atoms with Gasteiger partial charge in [0.15, 0.2) is 0 Å². The van der Waals surface area contributed by atoms with Crippen LogP contribution < -0.4 is 5.32 Å². The number of aromatic nitrogens is 3. The van der Waals surface area contributed by atoms with Gasteiger partial charge in [-0.2, -0.15) is 5.10 Å². The number of anilines is 1. The smallest absolute Gasteiger partial charge is 0.414 e. The van der Waals surface area contributed by atoms with E-state index in [1.54, 1.807) is 20.8 Å². The Balaban J connectivity index is 2.14. The first kappa shape index (κ1) is 15.4. The van der Waals surface area contributed by atoms with E-state index in [0.717, 1.165) is 10.0 Å². The van der Waals surface area contributed by atoms with Crippen molar-refractivity contribution in [3.05, 3.63) is 34.9 Å². The molecule has 1 amide bonds. The molecule has 1 heterocycles. The summed E-state index contributed by atoms with van der Waals surface area (Å²) in [6, 6.07) is 7.59. The molecule has 6 nitrogen and oxygen atoms in total. The number of hydrogen-bond donors (Lipinski definition) is 1. The summed E-state index contributed by atoms with van der Waals surface area (Å²) in [5, 5.41) is 10.1. The Hall–Kier alpha value is -2.02. The Morgan fingerprint density at radius 1 is 1.24 bits per heavy atom. The van der Waals surface area contributed by atoms with E-state index in [4.69, 9.17) is 4.74 Å². The average molecular weight is 351 g/mol. The fourth-order valence-corrected chi connectivity index (χ4v) is 1.78. The molecular formula is C14H15BrN4O2. The first-order valence-corrected chi connectivity index (χ1v) is 7.08. The quantitative estimate of drug-likeness (QED) is 0.894. The Kier molecular flexibility index (Phi) is 4.52. The second kappa shape index (κ2) is 6.17. The minimum atomic E-state index is -0.614. The maximum Gasteiger partial charge on any atom is 0.414 e. The molecular weight excluding hydrogens is 336 g/mol. The van der Waals surface area contributed by atoms with Crippen LogP contribution in [0.15, 0.2) is 34.9 Å². The largest absolute Gasteiger partial charge is 0.444 e. The van der Waals surface area contributed by atoms with E-state index in [1.807, 2.05) is 24.3 Å². The number of carbonyl (C=O) groups is 1. The highest BCUT2D eigenvalue weighted by Gasteiger charge is 2.17. The van der Waals surface area contributed by atoms with E-state index < -0.39 is 11.7 Å². The molecule has 1 aromatic heterocycles. The van der Waals surface area contributed by atoms with Gasteiger partial charge in [-0.05, 0) is 32.9 Å². The predicted molar refractivity (Wildman–Crippen MR) is 82.8 cm³/mol. The Bertz CT molecular complexity index is 638. The van der Waals surface area contributed by atoms with Crippen LogP contribution in [0.25, 0.3) is 11.3 Å². The molecule has 21 heavy (non-hydrogen) atoms. The molecule has 0 fully saturated rings. The lowest BCUT2D eigenvalue weighted by molar-refractivity contribution is 0.0634. The zero-order valence-electron chi connectivity index (χ0n) is 11.9. The molecule has 2 aromatic rings. The van der Waals surface area contributed by atoms with Crippen molar-refractivity contribution in [2.24, 2.45) is 0 Å². The van der Waals surface area contributed by atoms with Gasteiger partial charge in [-0.25, -0.2) is 9.78 Å². The molecule has 0 radical (unpaired) electrons. The van der Waals surface area contributed by atoms with Crippen LogP contribution in [0, 0.1) is 0 Å². The molecule has 2 rings (SSSR count). The standard InChI is InChI=1S/C14H15BrN4O2/c1-14(2,3)21-13(20)18-12-17-11(8-16-19-12)9-4-6-10(15)7-5-9/h4-8H,1-3H3,(H,17,18,19,20). The van der Waals surface area contributed by atoms with Crippen molar-refractivity contribution in [3.8, 4) is 11.3 Å². The summed E-state index contributed by atoms with van der Waals surface area (Å²) in [6.07, 6.45) is 0.918. The molecule has 0 atom stereocenters. The molecule has 0 saturated heterocycles. The van der Waals surface area contributed by atoms with Gasteiger partial charge in [-0.1, -0.05) is 28.1 Å². The number of nitrogens with zero attached hydrogens (tertiary/aromatic N) is 3. The van der Waals surface area contributed by atoms with Crippen molar-refractivity contribution in [1.82, 2.24) is 15.2 Å². The van der Waals surface area contributed by atoms with E-state index in [-0.39, 0.29) is 5.95 Å². The van der Waals surface area contributed by atoms with E-state index in [0.29, 0.717) is 5.69 Å². The normalized spacial score (nSPS) is 11.0. The Labute approximate surface area is 131 Å². The van der Waals surface area contributed by atoms with Gasteiger partial charge in [0.05, 0.1) is 11.9 Å². The van der Waals surface area contributed by atoms with Gasteiger partial charge in [0, 0.05) is 10.0 Å². The summed E-state index contributed by atoms with van der Waals surface area (Å²) < 4.78 is 6.11. The molecule has 1 N–H and O–H groups in total. The molecule has 0 aliphatic heterocycles. The summed E-state index contributed by atoms with van der Waals surface area (Å²) in [7, 11) is 0. The number of carbonyl (C=O) groups excluding carboxylic acids is 1. The zero-order chi connectivity index (χ0) is 15.5. The van der Waals surface area contributed by atoms with Gasteiger partial charge in [-0.15, -0.1) is 5.10 Å². The number of hydrogen-bond acceptors (Lipinski definition) is 5. The summed E-state index contributed by atoms with van der Waals surface area (Å²) >= 11 is 3.37. The number of benzene rings is 1. The van der Waals surface area contributed by atoms with Crippen LogP contribution >= 0.6 is 15.9 Å². The Morgan fingerprint density at radius 3 is 2.52 bits per heavy atom. The van der Waals surface area contributed by atoms with Crippen molar-refractivity contribution < 1.29 is 9.53 Å². The number of amides is 1. The maximum absolute atomic E-state index is 11.7. The SMILES string of the molecule is CC(C)(C)OC(=O)Nc1nncc(-c2ccc(Br)cc2)n1. The minimum absolute atomic E-state index is 0.102. The second-order valence-corrected chi connectivity index (χ2v) is 6.21. The van der Waals surface area contributed by atoms with Crippen LogP contribution in [0.2, 0.25) is 0 Å².